The molecule has 1 N–H and O–H groups in total. The van der Waals surface area contributed by atoms with Gasteiger partial charge in [-0.25, -0.2) is 0 Å². The highest BCUT2D eigenvalue weighted by Crippen LogP contribution is 2.22. The Morgan fingerprint density at radius 1 is 1.64 bits per heavy atom. The molecule has 0 radical (unpaired) electrons. The van der Waals surface area contributed by atoms with Crippen molar-refractivity contribution >= 4 is 5.91 Å². The van der Waals surface area contributed by atoms with Crippen molar-refractivity contribution < 1.29 is 4.79 Å². The first-order chi connectivity index (χ1) is 5.16. The van der Waals surface area contributed by atoms with E-state index < -0.39 is 0 Å². The summed E-state index contributed by atoms with van der Waals surface area (Å²) in [4.78, 5) is 10.9. The highest BCUT2D eigenvalue weighted by Gasteiger charge is 2.25. The van der Waals surface area contributed by atoms with Crippen molar-refractivity contribution in [2.75, 3.05) is 0 Å². The molecule has 11 heavy (non-hydrogen) atoms. The Bertz CT molecular complexity index is 198. The first-order valence-electron chi connectivity index (χ1n) is 3.76. The van der Waals surface area contributed by atoms with E-state index in [1.54, 1.807) is 0 Å². The maximum atomic E-state index is 10.9. The van der Waals surface area contributed by atoms with Gasteiger partial charge in [-0.15, -0.1) is 0 Å². The summed E-state index contributed by atoms with van der Waals surface area (Å²) in [6.07, 6.45) is 7.33. The standard InChI is InChI=1S/C9H13NO/c1-3-8(11)10-9(2)6-4-5-7-9/h3-5H,1,6-7H2,2H3,(H,10,11). The molecule has 0 fully saturated rings. The van der Waals surface area contributed by atoms with Gasteiger partial charge in [0.25, 0.3) is 0 Å². The smallest absolute Gasteiger partial charge is 0.243 e. The molecule has 0 unspecified atom stereocenters. The fourth-order valence-electron chi connectivity index (χ4n) is 1.22. The zero-order chi connectivity index (χ0) is 8.32. The lowest BCUT2D eigenvalue weighted by Crippen LogP contribution is -2.42. The van der Waals surface area contributed by atoms with Crippen molar-refractivity contribution in [2.45, 2.75) is 25.3 Å². The second-order valence-corrected chi connectivity index (χ2v) is 3.13. The molecule has 0 bridgehead atoms. The summed E-state index contributed by atoms with van der Waals surface area (Å²) in [6, 6.07) is 0. The lowest BCUT2D eigenvalue weighted by Gasteiger charge is -2.24. The first kappa shape index (κ1) is 8.05. The number of amides is 1. The van der Waals surface area contributed by atoms with E-state index >= 15 is 0 Å². The Balaban J connectivity index is 2.47. The number of hydrogen-bond donors (Lipinski definition) is 1. The first-order valence-corrected chi connectivity index (χ1v) is 3.76. The number of carbonyl (C=O) groups excluding carboxylic acids is 1. The summed E-state index contributed by atoms with van der Waals surface area (Å²) in [5.74, 6) is -0.0869. The van der Waals surface area contributed by atoms with Gasteiger partial charge in [0.1, 0.15) is 0 Å². The van der Waals surface area contributed by atoms with Crippen LogP contribution in [0, 0.1) is 0 Å². The molecule has 1 aliphatic rings. The summed E-state index contributed by atoms with van der Waals surface area (Å²) >= 11 is 0. The molecule has 1 rings (SSSR count). The molecule has 0 saturated carbocycles. The maximum Gasteiger partial charge on any atom is 0.243 e. The third-order valence-corrected chi connectivity index (χ3v) is 1.91. The average Bonchev–Trinajstić information content (AvgIpc) is 2.36. The number of rotatable bonds is 2. The van der Waals surface area contributed by atoms with Crippen LogP contribution in [0.15, 0.2) is 24.8 Å². The Morgan fingerprint density at radius 2 is 2.18 bits per heavy atom. The van der Waals surface area contributed by atoms with Gasteiger partial charge in [-0.1, -0.05) is 18.7 Å². The maximum absolute atomic E-state index is 10.9. The Morgan fingerprint density at radius 3 is 2.64 bits per heavy atom. The molecule has 0 aliphatic heterocycles. The number of nitrogens with one attached hydrogen (secondary N) is 1. The zero-order valence-electron chi connectivity index (χ0n) is 6.76. The third-order valence-electron chi connectivity index (χ3n) is 1.91. The molecule has 2 nitrogen and oxygen atoms in total. The van der Waals surface area contributed by atoms with Crippen LogP contribution in [0.4, 0.5) is 0 Å². The van der Waals surface area contributed by atoms with Gasteiger partial charge in [-0.2, -0.15) is 0 Å². The van der Waals surface area contributed by atoms with E-state index in [1.807, 2.05) is 6.92 Å². The molecule has 0 aromatic rings. The van der Waals surface area contributed by atoms with Crippen LogP contribution in [0.5, 0.6) is 0 Å². The van der Waals surface area contributed by atoms with E-state index in [2.05, 4.69) is 24.0 Å². The van der Waals surface area contributed by atoms with Crippen LogP contribution in [0.2, 0.25) is 0 Å². The van der Waals surface area contributed by atoms with Gasteiger partial charge in [0.05, 0.1) is 0 Å². The van der Waals surface area contributed by atoms with Gasteiger partial charge in [0.15, 0.2) is 0 Å². The van der Waals surface area contributed by atoms with E-state index in [4.69, 9.17) is 0 Å². The molecular weight excluding hydrogens is 138 g/mol. The van der Waals surface area contributed by atoms with Crippen molar-refractivity contribution in [3.63, 3.8) is 0 Å². The molecule has 0 aromatic carbocycles. The molecule has 60 valence electrons. The van der Waals surface area contributed by atoms with E-state index in [1.165, 1.54) is 6.08 Å². The van der Waals surface area contributed by atoms with E-state index in [0.29, 0.717) is 0 Å². The Hall–Kier alpha value is -1.05. The minimum absolute atomic E-state index is 0.0642. The second-order valence-electron chi connectivity index (χ2n) is 3.13. The van der Waals surface area contributed by atoms with Gasteiger partial charge in [-0.05, 0) is 25.8 Å². The summed E-state index contributed by atoms with van der Waals surface area (Å²) in [5, 5.41) is 2.89. The predicted molar refractivity (Wildman–Crippen MR) is 45.1 cm³/mol. The molecule has 2 heteroatoms. The van der Waals surface area contributed by atoms with Crippen LogP contribution in [-0.4, -0.2) is 11.4 Å². The van der Waals surface area contributed by atoms with Gasteiger partial charge < -0.3 is 5.32 Å². The lowest BCUT2D eigenvalue weighted by molar-refractivity contribution is -0.118. The Labute approximate surface area is 67.0 Å². The third kappa shape index (κ3) is 1.93. The molecule has 0 heterocycles. The summed E-state index contributed by atoms with van der Waals surface area (Å²) in [6.45, 7) is 5.44. The predicted octanol–water partition coefficient (Wildman–Crippen LogP) is 1.40. The highest BCUT2D eigenvalue weighted by atomic mass is 16.1. The number of carbonyl (C=O) groups is 1. The Kier molecular flexibility index (Phi) is 2.13. The number of hydrogen-bond acceptors (Lipinski definition) is 1. The molecule has 0 atom stereocenters. The molecule has 0 saturated heterocycles. The molecule has 1 amide bonds. The monoisotopic (exact) mass is 151 g/mol. The van der Waals surface area contributed by atoms with Crippen LogP contribution in [-0.2, 0) is 4.79 Å². The minimum atomic E-state index is -0.0869. The lowest BCUT2D eigenvalue weighted by atomic mass is 10.00. The van der Waals surface area contributed by atoms with Crippen LogP contribution in [0.25, 0.3) is 0 Å². The van der Waals surface area contributed by atoms with Crippen molar-refractivity contribution in [3.8, 4) is 0 Å². The quantitative estimate of drug-likeness (QED) is 0.469. The minimum Gasteiger partial charge on any atom is -0.347 e. The van der Waals surface area contributed by atoms with Crippen molar-refractivity contribution in [1.82, 2.24) is 5.32 Å². The summed E-state index contributed by atoms with van der Waals surface area (Å²) in [7, 11) is 0. The zero-order valence-corrected chi connectivity index (χ0v) is 6.76. The van der Waals surface area contributed by atoms with E-state index in [0.717, 1.165) is 12.8 Å². The topological polar surface area (TPSA) is 29.1 Å². The van der Waals surface area contributed by atoms with Crippen molar-refractivity contribution in [2.24, 2.45) is 0 Å². The molecule has 1 aliphatic carbocycles. The summed E-state index contributed by atoms with van der Waals surface area (Å²) < 4.78 is 0. The van der Waals surface area contributed by atoms with Crippen molar-refractivity contribution in [1.29, 1.82) is 0 Å². The average molecular weight is 151 g/mol. The van der Waals surface area contributed by atoms with Crippen LogP contribution < -0.4 is 5.32 Å². The van der Waals surface area contributed by atoms with Crippen LogP contribution in [0.1, 0.15) is 19.8 Å². The van der Waals surface area contributed by atoms with Crippen molar-refractivity contribution in [3.05, 3.63) is 24.8 Å². The molecular formula is C9H13NO. The van der Waals surface area contributed by atoms with Crippen LogP contribution >= 0.6 is 0 Å². The van der Waals surface area contributed by atoms with Crippen LogP contribution in [0.3, 0.4) is 0 Å². The molecule has 0 spiro atoms. The second kappa shape index (κ2) is 2.91. The SMILES string of the molecule is C=CC(=O)NC1(C)CC=CC1. The van der Waals surface area contributed by atoms with Gasteiger partial charge in [0, 0.05) is 5.54 Å². The fourth-order valence-corrected chi connectivity index (χ4v) is 1.22. The van der Waals surface area contributed by atoms with Gasteiger partial charge in [0.2, 0.25) is 5.91 Å². The van der Waals surface area contributed by atoms with Gasteiger partial charge in [-0.3, -0.25) is 4.79 Å². The molecule has 0 aromatic heterocycles. The van der Waals surface area contributed by atoms with Gasteiger partial charge >= 0.3 is 0 Å². The largest absolute Gasteiger partial charge is 0.347 e. The summed E-state index contributed by atoms with van der Waals surface area (Å²) in [5.41, 5.74) is -0.0642. The van der Waals surface area contributed by atoms with E-state index in [9.17, 15) is 4.79 Å². The van der Waals surface area contributed by atoms with E-state index in [-0.39, 0.29) is 11.4 Å². The fraction of sp³-hybridized carbons (Fsp3) is 0.444. The normalized spacial score (nSPS) is 19.7. The highest BCUT2D eigenvalue weighted by molar-refractivity contribution is 5.87.